The fourth-order valence-electron chi connectivity index (χ4n) is 6.46. The van der Waals surface area contributed by atoms with E-state index in [9.17, 15) is 31.2 Å². The zero-order valence-electron chi connectivity index (χ0n) is 30.0. The van der Waals surface area contributed by atoms with E-state index in [2.05, 4.69) is 47.7 Å². The molecule has 286 valence electrons. The minimum Gasteiger partial charge on any atom is -0.371 e. The number of halogens is 3. The molecule has 2 saturated heterocycles. The highest BCUT2D eigenvalue weighted by molar-refractivity contribution is 7.92. The van der Waals surface area contributed by atoms with Crippen molar-refractivity contribution in [1.82, 2.24) is 25.2 Å². The van der Waals surface area contributed by atoms with Crippen LogP contribution in [-0.4, -0.2) is 86.2 Å². The number of carbonyl (C=O) groups is 2. The third-order valence-electron chi connectivity index (χ3n) is 9.55. The summed E-state index contributed by atoms with van der Waals surface area (Å²) in [5, 5.41) is 8.11. The van der Waals surface area contributed by atoms with E-state index in [-0.39, 0.29) is 24.8 Å². The number of alkyl halides is 3. The van der Waals surface area contributed by atoms with E-state index in [0.29, 0.717) is 41.8 Å². The summed E-state index contributed by atoms with van der Waals surface area (Å²) in [6.45, 7) is 2.50. The van der Waals surface area contributed by atoms with Crippen LogP contribution < -0.4 is 30.1 Å². The Morgan fingerprint density at radius 1 is 1.00 bits per heavy atom. The highest BCUT2D eigenvalue weighted by Gasteiger charge is 2.35. The number of amides is 3. The summed E-state index contributed by atoms with van der Waals surface area (Å²) in [6.07, 6.45) is 2.49. The molecule has 0 atom stereocenters. The van der Waals surface area contributed by atoms with Crippen LogP contribution in [0, 0.1) is 0 Å². The van der Waals surface area contributed by atoms with E-state index in [1.165, 1.54) is 7.05 Å². The Kier molecular flexibility index (Phi) is 11.2. The van der Waals surface area contributed by atoms with Crippen molar-refractivity contribution in [2.75, 3.05) is 64.7 Å². The molecule has 0 saturated carbocycles. The van der Waals surface area contributed by atoms with Crippen molar-refractivity contribution in [3.8, 4) is 0 Å². The molecule has 2 aliphatic rings. The lowest BCUT2D eigenvalue weighted by Gasteiger charge is -2.38. The standard InChI is InChI=1S/C36H41F3N10O4S/c1-46(23-25-11-15-40-22-31(25)49-18-14-32(50)44-35(49)51)27-12-16-48(17-13-27)28-9-7-26(8-10-28)43-34-42-21-30(36(37,38)39)33(45-34)41-20-24-5-4-6-29(19-24)47(2)54(3,52)53/h4-11,15,19,21-22,27H,12-14,16-18,20,23H2,1-3H3,(H,44,50,51)(H2,41,42,43,45). The van der Waals surface area contributed by atoms with Gasteiger partial charge >= 0.3 is 12.2 Å². The molecule has 6 rings (SSSR count). The van der Waals surface area contributed by atoms with Crippen molar-refractivity contribution in [1.29, 1.82) is 0 Å². The lowest BCUT2D eigenvalue weighted by Crippen LogP contribution is -2.50. The second-order valence-electron chi connectivity index (χ2n) is 13.3. The number of sulfonamides is 1. The molecule has 18 heteroatoms. The van der Waals surface area contributed by atoms with Crippen LogP contribution in [0.1, 0.15) is 36.0 Å². The van der Waals surface area contributed by atoms with Gasteiger partial charge in [-0.1, -0.05) is 12.1 Å². The number of nitrogens with zero attached hydrogens (tertiary/aromatic N) is 7. The number of hydrogen-bond acceptors (Lipinski definition) is 11. The summed E-state index contributed by atoms with van der Waals surface area (Å²) in [5.41, 5.74) is 3.14. The van der Waals surface area contributed by atoms with E-state index < -0.39 is 33.6 Å². The molecule has 0 radical (unpaired) electrons. The second-order valence-corrected chi connectivity index (χ2v) is 15.3. The Labute approximate surface area is 311 Å². The van der Waals surface area contributed by atoms with Gasteiger partial charge in [0.1, 0.15) is 11.4 Å². The summed E-state index contributed by atoms with van der Waals surface area (Å²) >= 11 is 0. The smallest absolute Gasteiger partial charge is 0.371 e. The first-order valence-corrected chi connectivity index (χ1v) is 19.1. The number of carbonyl (C=O) groups excluding carboxylic acids is 2. The first-order valence-electron chi connectivity index (χ1n) is 17.2. The number of aromatic nitrogens is 3. The topological polar surface area (TPSA) is 156 Å². The van der Waals surface area contributed by atoms with Gasteiger partial charge in [-0.15, -0.1) is 0 Å². The van der Waals surface area contributed by atoms with Crippen molar-refractivity contribution in [3.63, 3.8) is 0 Å². The van der Waals surface area contributed by atoms with Gasteiger partial charge < -0.3 is 15.5 Å². The molecule has 54 heavy (non-hydrogen) atoms. The summed E-state index contributed by atoms with van der Waals surface area (Å²) in [7, 11) is -0.0611. The van der Waals surface area contributed by atoms with Crippen LogP contribution in [0.4, 0.5) is 52.5 Å². The van der Waals surface area contributed by atoms with E-state index in [1.54, 1.807) is 41.6 Å². The van der Waals surface area contributed by atoms with Crippen molar-refractivity contribution in [2.45, 2.75) is 44.6 Å². The van der Waals surface area contributed by atoms with Gasteiger partial charge in [0.15, 0.2) is 0 Å². The molecular formula is C36H41F3N10O4S. The number of imide groups is 1. The minimum atomic E-state index is -4.71. The maximum Gasteiger partial charge on any atom is 0.421 e. The Balaban J connectivity index is 1.06. The van der Waals surface area contributed by atoms with Gasteiger partial charge in [-0.05, 0) is 73.5 Å². The Bertz CT molecular complexity index is 2090. The number of urea groups is 1. The van der Waals surface area contributed by atoms with Crippen molar-refractivity contribution >= 4 is 56.5 Å². The summed E-state index contributed by atoms with van der Waals surface area (Å²) in [6, 6.07) is 15.7. The molecular weight excluding hydrogens is 726 g/mol. The Morgan fingerprint density at radius 2 is 1.74 bits per heavy atom. The zero-order chi connectivity index (χ0) is 38.6. The number of anilines is 6. The zero-order valence-corrected chi connectivity index (χ0v) is 30.8. The molecule has 2 fully saturated rings. The van der Waals surface area contributed by atoms with E-state index in [4.69, 9.17) is 0 Å². The predicted molar refractivity (Wildman–Crippen MR) is 200 cm³/mol. The summed E-state index contributed by atoms with van der Waals surface area (Å²) < 4.78 is 66.6. The van der Waals surface area contributed by atoms with Gasteiger partial charge in [0, 0.05) is 76.0 Å². The molecule has 14 nitrogen and oxygen atoms in total. The fraction of sp³-hybridized carbons (Fsp3) is 0.361. The number of rotatable bonds is 12. The quantitative estimate of drug-likeness (QED) is 0.175. The highest BCUT2D eigenvalue weighted by atomic mass is 32.2. The van der Waals surface area contributed by atoms with Crippen LogP contribution in [-0.2, 0) is 34.1 Å². The summed E-state index contributed by atoms with van der Waals surface area (Å²) in [5.74, 6) is -0.731. The van der Waals surface area contributed by atoms with E-state index >= 15 is 0 Å². The second kappa shape index (κ2) is 15.9. The Hall–Kier alpha value is -5.49. The maximum atomic E-state index is 13.9. The van der Waals surface area contributed by atoms with Gasteiger partial charge in [0.05, 0.1) is 23.8 Å². The number of benzene rings is 2. The van der Waals surface area contributed by atoms with Gasteiger partial charge in [-0.3, -0.25) is 29.2 Å². The van der Waals surface area contributed by atoms with Crippen molar-refractivity contribution < 1.29 is 31.2 Å². The van der Waals surface area contributed by atoms with Crippen molar-refractivity contribution in [3.05, 3.63) is 89.9 Å². The summed E-state index contributed by atoms with van der Waals surface area (Å²) in [4.78, 5) is 42.5. The third kappa shape index (κ3) is 9.17. The van der Waals surface area contributed by atoms with Gasteiger partial charge in [-0.25, -0.2) is 18.2 Å². The molecule has 4 heterocycles. The van der Waals surface area contributed by atoms with Crippen LogP contribution in [0.3, 0.4) is 0 Å². The molecule has 0 bridgehead atoms. The molecule has 2 aromatic heterocycles. The van der Waals surface area contributed by atoms with Crippen LogP contribution in [0.25, 0.3) is 0 Å². The third-order valence-corrected chi connectivity index (χ3v) is 10.8. The molecule has 2 aromatic carbocycles. The average Bonchev–Trinajstić information content (AvgIpc) is 3.14. The van der Waals surface area contributed by atoms with Crippen LogP contribution in [0.2, 0.25) is 0 Å². The molecule has 0 spiro atoms. The lowest BCUT2D eigenvalue weighted by molar-refractivity contribution is -0.137. The van der Waals surface area contributed by atoms with Gasteiger partial charge in [-0.2, -0.15) is 18.2 Å². The number of nitrogens with one attached hydrogen (secondary N) is 3. The van der Waals surface area contributed by atoms with Crippen LogP contribution >= 0.6 is 0 Å². The normalized spacial score (nSPS) is 15.7. The highest BCUT2D eigenvalue weighted by Crippen LogP contribution is 2.35. The maximum absolute atomic E-state index is 13.9. The largest absolute Gasteiger partial charge is 0.421 e. The lowest BCUT2D eigenvalue weighted by atomic mass is 10.0. The number of hydrogen-bond donors (Lipinski definition) is 3. The van der Waals surface area contributed by atoms with Crippen molar-refractivity contribution in [2.24, 2.45) is 0 Å². The predicted octanol–water partition coefficient (Wildman–Crippen LogP) is 5.19. The first kappa shape index (κ1) is 38.2. The van der Waals surface area contributed by atoms with E-state index in [0.717, 1.165) is 53.9 Å². The van der Waals surface area contributed by atoms with Crippen LogP contribution in [0.5, 0.6) is 0 Å². The first-order chi connectivity index (χ1) is 25.7. The van der Waals surface area contributed by atoms with Gasteiger partial charge in [0.25, 0.3) is 0 Å². The minimum absolute atomic E-state index is 0.0283. The fourth-order valence-corrected chi connectivity index (χ4v) is 6.95. The molecule has 4 aromatic rings. The van der Waals surface area contributed by atoms with E-state index in [1.807, 2.05) is 30.3 Å². The molecule has 0 unspecified atom stereocenters. The number of pyridine rings is 1. The van der Waals surface area contributed by atoms with Gasteiger partial charge in [0.2, 0.25) is 21.9 Å². The number of piperidine rings is 1. The monoisotopic (exact) mass is 766 g/mol. The SMILES string of the molecule is CN(Cc1ccncc1N1CCC(=O)NC1=O)C1CCN(c2ccc(Nc3ncc(C(F)(F)F)c(NCc4cccc(N(C)S(C)(=O)=O)c4)n3)cc2)CC1. The molecule has 2 aliphatic heterocycles. The molecule has 0 aliphatic carbocycles. The molecule has 3 amide bonds. The van der Waals surface area contributed by atoms with Crippen LogP contribution in [0.15, 0.2) is 73.2 Å². The average molecular weight is 767 g/mol. The molecule has 3 N–H and O–H groups in total. The Morgan fingerprint density at radius 3 is 2.43 bits per heavy atom.